The van der Waals surface area contributed by atoms with Gasteiger partial charge >= 0.3 is 0 Å². The van der Waals surface area contributed by atoms with Gasteiger partial charge in [-0.15, -0.1) is 0 Å². The summed E-state index contributed by atoms with van der Waals surface area (Å²) < 4.78 is 0. The lowest BCUT2D eigenvalue weighted by atomic mass is 10.3. The molecule has 0 spiro atoms. The number of hydrogen-bond acceptors (Lipinski definition) is 3. The number of nitrogens with one attached hydrogen (secondary N) is 1. The van der Waals surface area contributed by atoms with Crippen molar-refractivity contribution in [2.24, 2.45) is 0 Å². The maximum atomic E-state index is 9.28. The monoisotopic (exact) mass is 191 g/mol. The van der Waals surface area contributed by atoms with Crippen LogP contribution in [0.25, 0.3) is 0 Å². The van der Waals surface area contributed by atoms with Crippen molar-refractivity contribution < 1.29 is 5.11 Å². The van der Waals surface area contributed by atoms with Crippen LogP contribution in [0.15, 0.2) is 0 Å². The van der Waals surface area contributed by atoms with Gasteiger partial charge in [-0.2, -0.15) is 11.8 Å². The van der Waals surface area contributed by atoms with E-state index < -0.39 is 0 Å². The van der Waals surface area contributed by atoms with Gasteiger partial charge in [0.1, 0.15) is 0 Å². The predicted molar refractivity (Wildman–Crippen MR) is 56.7 cm³/mol. The van der Waals surface area contributed by atoms with E-state index in [2.05, 4.69) is 26.1 Å². The third kappa shape index (κ3) is 4.33. The Bertz CT molecular complexity index is 119. The highest BCUT2D eigenvalue weighted by atomic mass is 32.2. The van der Waals surface area contributed by atoms with E-state index in [9.17, 15) is 5.11 Å². The molecule has 0 bridgehead atoms. The summed E-state index contributed by atoms with van der Waals surface area (Å²) in [5.41, 5.74) is 0. The van der Waals surface area contributed by atoms with Gasteiger partial charge in [-0.3, -0.25) is 0 Å². The molecule has 0 aliphatic rings. The maximum absolute atomic E-state index is 9.28. The lowest BCUT2D eigenvalue weighted by Gasteiger charge is -2.23. The molecular formula is C9H21NOS. The van der Waals surface area contributed by atoms with E-state index in [0.29, 0.717) is 16.5 Å². The number of rotatable bonds is 5. The van der Waals surface area contributed by atoms with E-state index in [-0.39, 0.29) is 6.10 Å². The van der Waals surface area contributed by atoms with Crippen LogP contribution < -0.4 is 5.32 Å². The first-order valence-electron chi connectivity index (χ1n) is 4.49. The summed E-state index contributed by atoms with van der Waals surface area (Å²) in [6.45, 7) is 8.25. The minimum Gasteiger partial charge on any atom is -0.392 e. The standard InChI is InChI=1S/C9H21NOS/c1-6(10-5)8(3)12-9(4)7(2)11/h6-11H,1-5H3. The van der Waals surface area contributed by atoms with Crippen LogP contribution in [0, 0.1) is 0 Å². The fourth-order valence-corrected chi connectivity index (χ4v) is 2.08. The van der Waals surface area contributed by atoms with Gasteiger partial charge in [0.05, 0.1) is 6.10 Å². The van der Waals surface area contributed by atoms with Gasteiger partial charge in [0.15, 0.2) is 0 Å². The van der Waals surface area contributed by atoms with Crippen LogP contribution >= 0.6 is 11.8 Å². The molecule has 0 aliphatic carbocycles. The lowest BCUT2D eigenvalue weighted by molar-refractivity contribution is 0.196. The van der Waals surface area contributed by atoms with Gasteiger partial charge in [-0.1, -0.05) is 13.8 Å². The van der Waals surface area contributed by atoms with Crippen LogP contribution in [0.4, 0.5) is 0 Å². The van der Waals surface area contributed by atoms with Crippen LogP contribution in [-0.4, -0.2) is 34.8 Å². The zero-order valence-electron chi connectivity index (χ0n) is 8.66. The van der Waals surface area contributed by atoms with Crippen molar-refractivity contribution in [1.29, 1.82) is 0 Å². The summed E-state index contributed by atoms with van der Waals surface area (Å²) in [5.74, 6) is 0. The van der Waals surface area contributed by atoms with E-state index in [1.165, 1.54) is 0 Å². The van der Waals surface area contributed by atoms with Crippen molar-refractivity contribution in [3.05, 3.63) is 0 Å². The van der Waals surface area contributed by atoms with Gasteiger partial charge in [-0.25, -0.2) is 0 Å². The quantitative estimate of drug-likeness (QED) is 0.690. The van der Waals surface area contributed by atoms with Crippen molar-refractivity contribution in [2.75, 3.05) is 7.05 Å². The summed E-state index contributed by atoms with van der Waals surface area (Å²) >= 11 is 1.83. The van der Waals surface area contributed by atoms with Crippen molar-refractivity contribution in [1.82, 2.24) is 5.32 Å². The predicted octanol–water partition coefficient (Wildman–Crippen LogP) is 1.49. The average Bonchev–Trinajstić information content (AvgIpc) is 2.02. The number of aliphatic hydroxyl groups excluding tert-OH is 1. The summed E-state index contributed by atoms with van der Waals surface area (Å²) in [5, 5.41) is 13.3. The topological polar surface area (TPSA) is 32.3 Å². The summed E-state index contributed by atoms with van der Waals surface area (Å²) in [4.78, 5) is 0. The molecule has 0 saturated carbocycles. The molecule has 74 valence electrons. The first kappa shape index (κ1) is 12.3. The molecule has 0 saturated heterocycles. The summed E-state index contributed by atoms with van der Waals surface area (Å²) in [6.07, 6.45) is -0.221. The molecular weight excluding hydrogens is 170 g/mol. The Kier molecular flexibility index (Phi) is 5.97. The van der Waals surface area contributed by atoms with Gasteiger partial charge in [-0.05, 0) is 20.9 Å². The number of hydrogen-bond donors (Lipinski definition) is 2. The van der Waals surface area contributed by atoms with Crippen molar-refractivity contribution in [3.63, 3.8) is 0 Å². The molecule has 0 aromatic heterocycles. The number of thioether (sulfide) groups is 1. The van der Waals surface area contributed by atoms with E-state index in [1.807, 2.05) is 25.7 Å². The second-order valence-corrected chi connectivity index (χ2v) is 5.12. The minimum atomic E-state index is -0.221. The Balaban J connectivity index is 3.75. The Hall–Kier alpha value is 0.270. The van der Waals surface area contributed by atoms with Crippen LogP contribution in [0.5, 0.6) is 0 Å². The van der Waals surface area contributed by atoms with E-state index in [4.69, 9.17) is 0 Å². The molecule has 2 N–H and O–H groups in total. The zero-order chi connectivity index (χ0) is 9.72. The second kappa shape index (κ2) is 5.84. The first-order chi connectivity index (χ1) is 5.49. The van der Waals surface area contributed by atoms with Crippen molar-refractivity contribution >= 4 is 11.8 Å². The van der Waals surface area contributed by atoms with Crippen LogP contribution in [0.2, 0.25) is 0 Å². The zero-order valence-corrected chi connectivity index (χ0v) is 9.48. The Morgan fingerprint density at radius 3 is 1.92 bits per heavy atom. The molecule has 0 fully saturated rings. The van der Waals surface area contributed by atoms with Gasteiger partial charge < -0.3 is 10.4 Å². The lowest BCUT2D eigenvalue weighted by Crippen LogP contribution is -2.33. The summed E-state index contributed by atoms with van der Waals surface area (Å²) in [7, 11) is 1.97. The van der Waals surface area contributed by atoms with Crippen LogP contribution in [0.1, 0.15) is 27.7 Å². The normalized spacial score (nSPS) is 21.5. The van der Waals surface area contributed by atoms with Crippen LogP contribution in [0.3, 0.4) is 0 Å². The molecule has 0 aromatic rings. The molecule has 0 radical (unpaired) electrons. The minimum absolute atomic E-state index is 0.221. The highest BCUT2D eigenvalue weighted by Crippen LogP contribution is 2.22. The Morgan fingerprint density at radius 1 is 1.08 bits per heavy atom. The molecule has 12 heavy (non-hydrogen) atoms. The third-order valence-electron chi connectivity index (χ3n) is 2.27. The highest BCUT2D eigenvalue weighted by Gasteiger charge is 2.17. The SMILES string of the molecule is CNC(C)C(C)SC(C)C(C)O. The fraction of sp³-hybridized carbons (Fsp3) is 1.00. The number of aliphatic hydroxyl groups is 1. The largest absolute Gasteiger partial charge is 0.392 e. The molecule has 0 aromatic carbocycles. The van der Waals surface area contributed by atoms with Crippen molar-refractivity contribution in [2.45, 2.75) is 50.3 Å². The second-order valence-electron chi connectivity index (χ2n) is 3.36. The molecule has 0 rings (SSSR count). The maximum Gasteiger partial charge on any atom is 0.0628 e. The molecule has 0 heterocycles. The Morgan fingerprint density at radius 2 is 1.58 bits per heavy atom. The molecule has 0 amide bonds. The molecule has 4 atom stereocenters. The average molecular weight is 191 g/mol. The highest BCUT2D eigenvalue weighted by molar-refractivity contribution is 8.00. The van der Waals surface area contributed by atoms with Gasteiger partial charge in [0, 0.05) is 16.5 Å². The smallest absolute Gasteiger partial charge is 0.0628 e. The first-order valence-corrected chi connectivity index (χ1v) is 5.44. The molecule has 0 aliphatic heterocycles. The van der Waals surface area contributed by atoms with E-state index >= 15 is 0 Å². The van der Waals surface area contributed by atoms with Gasteiger partial charge in [0.25, 0.3) is 0 Å². The fourth-order valence-electron chi connectivity index (χ4n) is 0.805. The molecule has 3 heteroatoms. The van der Waals surface area contributed by atoms with E-state index in [0.717, 1.165) is 0 Å². The molecule has 2 nitrogen and oxygen atoms in total. The molecule has 4 unspecified atom stereocenters. The Labute approximate surface area is 80.1 Å². The van der Waals surface area contributed by atoms with E-state index in [1.54, 1.807) is 0 Å². The van der Waals surface area contributed by atoms with Crippen molar-refractivity contribution in [3.8, 4) is 0 Å². The summed E-state index contributed by atoms with van der Waals surface area (Å²) in [6, 6.07) is 0.496. The van der Waals surface area contributed by atoms with Gasteiger partial charge in [0.2, 0.25) is 0 Å². The third-order valence-corrected chi connectivity index (χ3v) is 3.93. The van der Waals surface area contributed by atoms with Crippen LogP contribution in [-0.2, 0) is 0 Å².